The molecule has 29 heavy (non-hydrogen) atoms. The minimum atomic E-state index is 0.470. The molecule has 0 N–H and O–H groups in total. The topological polar surface area (TPSA) is 18.5 Å². The minimum absolute atomic E-state index is 0.470. The van der Waals surface area contributed by atoms with Crippen LogP contribution in [0, 0.1) is 28.6 Å². The molecule has 2 nitrogen and oxygen atoms in total. The molecule has 0 radical (unpaired) electrons. The average molecular weight is 407 g/mol. The Morgan fingerprint density at radius 3 is 1.93 bits per heavy atom. The predicted octanol–water partition coefficient (Wildman–Crippen LogP) is 7.79. The first-order valence-corrected chi connectivity index (χ1v) is 13.3. The summed E-state index contributed by atoms with van der Waals surface area (Å²) in [7, 11) is 0. The third kappa shape index (κ3) is 6.00. The van der Waals surface area contributed by atoms with Crippen molar-refractivity contribution >= 4 is 0 Å². The summed E-state index contributed by atoms with van der Waals surface area (Å²) in [5, 5.41) is 0. The zero-order chi connectivity index (χ0) is 20.6. The van der Waals surface area contributed by atoms with E-state index in [4.69, 9.17) is 9.47 Å². The molecule has 0 bridgehead atoms. The number of rotatable bonds is 10. The van der Waals surface area contributed by atoms with E-state index >= 15 is 0 Å². The quantitative estimate of drug-likeness (QED) is 0.368. The Labute approximate surface area is 181 Å². The molecule has 170 valence electrons. The highest BCUT2D eigenvalue weighted by molar-refractivity contribution is 4.94. The van der Waals surface area contributed by atoms with Gasteiger partial charge in [0.2, 0.25) is 0 Å². The highest BCUT2D eigenvalue weighted by Gasteiger charge is 2.44. The molecule has 0 aromatic carbocycles. The third-order valence-corrected chi connectivity index (χ3v) is 9.34. The first-order chi connectivity index (χ1) is 14.1. The van der Waals surface area contributed by atoms with Crippen LogP contribution in [0.1, 0.15) is 117 Å². The molecule has 0 aromatic rings. The van der Waals surface area contributed by atoms with Crippen LogP contribution in [0.3, 0.4) is 0 Å². The van der Waals surface area contributed by atoms with Crippen LogP contribution in [-0.2, 0) is 9.47 Å². The maximum atomic E-state index is 6.08. The van der Waals surface area contributed by atoms with E-state index in [2.05, 4.69) is 20.8 Å². The van der Waals surface area contributed by atoms with Crippen LogP contribution in [-0.4, -0.2) is 26.4 Å². The van der Waals surface area contributed by atoms with Crippen LogP contribution < -0.4 is 0 Å². The highest BCUT2D eigenvalue weighted by Crippen LogP contribution is 2.52. The monoisotopic (exact) mass is 406 g/mol. The average Bonchev–Trinajstić information content (AvgIpc) is 2.78. The van der Waals surface area contributed by atoms with Crippen molar-refractivity contribution in [3.63, 3.8) is 0 Å². The van der Waals surface area contributed by atoms with Crippen LogP contribution in [0.2, 0.25) is 0 Å². The third-order valence-electron chi connectivity index (χ3n) is 9.34. The van der Waals surface area contributed by atoms with Crippen molar-refractivity contribution in [2.45, 2.75) is 117 Å². The molecule has 0 saturated heterocycles. The largest absolute Gasteiger partial charge is 0.381 e. The van der Waals surface area contributed by atoms with Crippen molar-refractivity contribution in [1.29, 1.82) is 0 Å². The second kappa shape index (κ2) is 11.5. The van der Waals surface area contributed by atoms with Crippen molar-refractivity contribution in [1.82, 2.24) is 0 Å². The molecular weight excluding hydrogens is 356 g/mol. The number of hydrogen-bond donors (Lipinski definition) is 0. The normalized spacial score (nSPS) is 32.2. The van der Waals surface area contributed by atoms with Gasteiger partial charge in [0.05, 0.1) is 13.2 Å². The molecule has 3 rings (SSSR count). The Bertz CT molecular complexity index is 439. The lowest BCUT2D eigenvalue weighted by Gasteiger charge is -2.48. The predicted molar refractivity (Wildman–Crippen MR) is 123 cm³/mol. The van der Waals surface area contributed by atoms with Crippen molar-refractivity contribution in [3.8, 4) is 0 Å². The molecule has 0 spiro atoms. The maximum Gasteiger partial charge on any atom is 0.0524 e. The van der Waals surface area contributed by atoms with Gasteiger partial charge in [-0.15, -0.1) is 0 Å². The van der Waals surface area contributed by atoms with Gasteiger partial charge >= 0.3 is 0 Å². The summed E-state index contributed by atoms with van der Waals surface area (Å²) >= 11 is 0. The van der Waals surface area contributed by atoms with Crippen molar-refractivity contribution in [2.24, 2.45) is 28.6 Å². The van der Waals surface area contributed by atoms with E-state index in [1.807, 2.05) is 0 Å². The molecule has 1 atom stereocenters. The van der Waals surface area contributed by atoms with E-state index in [1.165, 1.54) is 96.3 Å². The van der Waals surface area contributed by atoms with Gasteiger partial charge in [0.15, 0.2) is 0 Å². The molecule has 3 saturated carbocycles. The van der Waals surface area contributed by atoms with Crippen LogP contribution in [0.4, 0.5) is 0 Å². The van der Waals surface area contributed by atoms with Gasteiger partial charge in [-0.2, -0.15) is 0 Å². The molecule has 0 amide bonds. The minimum Gasteiger partial charge on any atom is -0.381 e. The molecule has 2 heteroatoms. The standard InChI is InChI=1S/C27H50O2/c1-4-28-21-26(16-10-7-11-17-26)23(3)20-24-14-18-27(19-15-24,22-29-5-2)25-12-8-6-9-13-25/h23-25H,4-22H2,1-3H3. The van der Waals surface area contributed by atoms with E-state index in [1.54, 1.807) is 0 Å². The summed E-state index contributed by atoms with van der Waals surface area (Å²) in [5.74, 6) is 2.68. The lowest BCUT2D eigenvalue weighted by Crippen LogP contribution is -2.41. The first-order valence-electron chi connectivity index (χ1n) is 13.3. The van der Waals surface area contributed by atoms with Gasteiger partial charge in [0.25, 0.3) is 0 Å². The molecule has 3 aliphatic carbocycles. The Kier molecular flexibility index (Phi) is 9.36. The fourth-order valence-electron chi connectivity index (χ4n) is 7.27. The summed E-state index contributed by atoms with van der Waals surface area (Å²) in [5.41, 5.74) is 0.974. The van der Waals surface area contributed by atoms with Gasteiger partial charge in [-0.3, -0.25) is 0 Å². The van der Waals surface area contributed by atoms with Gasteiger partial charge < -0.3 is 9.47 Å². The number of ether oxygens (including phenoxy) is 2. The fourth-order valence-corrected chi connectivity index (χ4v) is 7.27. The summed E-state index contributed by atoms with van der Waals surface area (Å²) in [6.45, 7) is 10.7. The highest BCUT2D eigenvalue weighted by atomic mass is 16.5. The Hall–Kier alpha value is -0.0800. The zero-order valence-corrected chi connectivity index (χ0v) is 20.0. The summed E-state index contributed by atoms with van der Waals surface area (Å²) in [6, 6.07) is 0. The van der Waals surface area contributed by atoms with Crippen molar-refractivity contribution in [3.05, 3.63) is 0 Å². The summed E-state index contributed by atoms with van der Waals surface area (Å²) < 4.78 is 12.1. The fraction of sp³-hybridized carbons (Fsp3) is 1.00. The van der Waals surface area contributed by atoms with Gasteiger partial charge in [0.1, 0.15) is 0 Å². The zero-order valence-electron chi connectivity index (χ0n) is 20.0. The SMILES string of the molecule is CCOCC1(C(C)CC2CCC(COCC)(C3CCCCC3)CC2)CCCCC1. The van der Waals surface area contributed by atoms with Gasteiger partial charge in [-0.1, -0.05) is 45.4 Å². The van der Waals surface area contributed by atoms with E-state index in [-0.39, 0.29) is 0 Å². The molecular formula is C27H50O2. The Balaban J connectivity index is 1.57. The van der Waals surface area contributed by atoms with E-state index in [0.717, 1.165) is 44.2 Å². The van der Waals surface area contributed by atoms with E-state index < -0.39 is 0 Å². The van der Waals surface area contributed by atoms with Crippen LogP contribution in [0.25, 0.3) is 0 Å². The van der Waals surface area contributed by atoms with Crippen LogP contribution in [0.15, 0.2) is 0 Å². The summed E-state index contributed by atoms with van der Waals surface area (Å²) in [4.78, 5) is 0. The molecule has 0 aliphatic heterocycles. The molecule has 1 unspecified atom stereocenters. The molecule has 0 aromatic heterocycles. The van der Waals surface area contributed by atoms with Gasteiger partial charge in [-0.25, -0.2) is 0 Å². The van der Waals surface area contributed by atoms with E-state index in [9.17, 15) is 0 Å². The molecule has 0 heterocycles. The summed E-state index contributed by atoms with van der Waals surface area (Å²) in [6.07, 6.45) is 21.5. The van der Waals surface area contributed by atoms with Crippen molar-refractivity contribution < 1.29 is 9.47 Å². The molecule has 3 fully saturated rings. The van der Waals surface area contributed by atoms with E-state index in [0.29, 0.717) is 10.8 Å². The molecule has 3 aliphatic rings. The Morgan fingerprint density at radius 2 is 1.31 bits per heavy atom. The smallest absolute Gasteiger partial charge is 0.0524 e. The number of hydrogen-bond acceptors (Lipinski definition) is 2. The lowest BCUT2D eigenvalue weighted by atomic mass is 9.58. The first kappa shape index (κ1) is 23.6. The maximum absolute atomic E-state index is 6.08. The second-order valence-electron chi connectivity index (χ2n) is 11.0. The van der Waals surface area contributed by atoms with Gasteiger partial charge in [-0.05, 0) is 100 Å². The van der Waals surface area contributed by atoms with Crippen LogP contribution in [0.5, 0.6) is 0 Å². The van der Waals surface area contributed by atoms with Crippen LogP contribution >= 0.6 is 0 Å². The van der Waals surface area contributed by atoms with Gasteiger partial charge in [0, 0.05) is 13.2 Å². The lowest BCUT2D eigenvalue weighted by molar-refractivity contribution is -0.0478. The Morgan fingerprint density at radius 1 is 0.724 bits per heavy atom. The van der Waals surface area contributed by atoms with Crippen molar-refractivity contribution in [2.75, 3.05) is 26.4 Å². The second-order valence-corrected chi connectivity index (χ2v) is 11.0.